The Balaban J connectivity index is 1.81. The van der Waals surface area contributed by atoms with Gasteiger partial charge in [0.25, 0.3) is 0 Å². The van der Waals surface area contributed by atoms with Crippen molar-refractivity contribution in [2.24, 2.45) is 0 Å². The molecule has 3 aromatic rings. The maximum Gasteiger partial charge on any atom is 0.344 e. The molecule has 0 aliphatic rings. The molecule has 0 aliphatic carbocycles. The predicted octanol–water partition coefficient (Wildman–Crippen LogP) is 4.41. The zero-order valence-corrected chi connectivity index (χ0v) is 14.6. The van der Waals surface area contributed by atoms with Crippen molar-refractivity contribution in [3.05, 3.63) is 89.5 Å². The molecule has 0 amide bonds. The maximum absolute atomic E-state index is 13.3. The first kappa shape index (κ1) is 19.0. The summed E-state index contributed by atoms with van der Waals surface area (Å²) in [7, 11) is 1.51. The Morgan fingerprint density at radius 3 is 1.64 bits per heavy atom. The summed E-state index contributed by atoms with van der Waals surface area (Å²) in [5, 5.41) is 0. The fourth-order valence-corrected chi connectivity index (χ4v) is 2.39. The lowest BCUT2D eigenvalue weighted by atomic mass is 10.1. The number of hydrogen-bond donors (Lipinski definition) is 0. The number of rotatable bonds is 5. The molecule has 0 heterocycles. The minimum atomic E-state index is -0.952. The molecule has 0 radical (unpaired) electrons. The third kappa shape index (κ3) is 4.50. The molecule has 0 saturated carbocycles. The van der Waals surface area contributed by atoms with Gasteiger partial charge in [-0.1, -0.05) is 12.1 Å². The summed E-state index contributed by atoms with van der Waals surface area (Å²) >= 11 is 0. The number of carbonyl (C=O) groups excluding carboxylic acids is 2. The predicted molar refractivity (Wildman–Crippen MR) is 95.7 cm³/mol. The third-order valence-corrected chi connectivity index (χ3v) is 3.68. The molecule has 3 aromatic carbocycles. The van der Waals surface area contributed by atoms with Crippen molar-refractivity contribution in [1.82, 2.24) is 0 Å². The van der Waals surface area contributed by atoms with Crippen LogP contribution in [0.1, 0.15) is 20.7 Å². The normalized spacial score (nSPS) is 10.2. The second-order valence-electron chi connectivity index (χ2n) is 5.61. The van der Waals surface area contributed by atoms with Gasteiger partial charge < -0.3 is 14.2 Å². The third-order valence-electron chi connectivity index (χ3n) is 3.68. The van der Waals surface area contributed by atoms with Crippen LogP contribution < -0.4 is 14.2 Å². The average molecular weight is 384 g/mol. The Morgan fingerprint density at radius 2 is 1.14 bits per heavy atom. The minimum absolute atomic E-state index is 0.0554. The lowest BCUT2D eigenvalue weighted by Crippen LogP contribution is -2.17. The summed E-state index contributed by atoms with van der Waals surface area (Å²) < 4.78 is 41.8. The van der Waals surface area contributed by atoms with E-state index in [2.05, 4.69) is 0 Å². The lowest BCUT2D eigenvalue weighted by Gasteiger charge is -2.10. The molecule has 0 atom stereocenters. The largest absolute Gasteiger partial charge is 0.497 e. The van der Waals surface area contributed by atoms with Crippen molar-refractivity contribution in [3.63, 3.8) is 0 Å². The van der Waals surface area contributed by atoms with Crippen molar-refractivity contribution in [2.45, 2.75) is 0 Å². The number of halogens is 2. The van der Waals surface area contributed by atoms with Crippen LogP contribution in [-0.4, -0.2) is 19.0 Å². The van der Waals surface area contributed by atoms with E-state index in [1.54, 1.807) is 18.2 Å². The number of carbonyl (C=O) groups is 2. The van der Waals surface area contributed by atoms with E-state index in [1.165, 1.54) is 37.4 Å². The molecular formula is C21H14F2O5. The molecule has 0 fully saturated rings. The van der Waals surface area contributed by atoms with Crippen molar-refractivity contribution < 1.29 is 32.6 Å². The summed E-state index contributed by atoms with van der Waals surface area (Å²) in [5.41, 5.74) is -0.161. The van der Waals surface area contributed by atoms with Crippen LogP contribution in [-0.2, 0) is 0 Å². The maximum atomic E-state index is 13.3. The van der Waals surface area contributed by atoms with Crippen LogP contribution in [0.3, 0.4) is 0 Å². The van der Waals surface area contributed by atoms with E-state index in [0.29, 0.717) is 11.8 Å². The van der Waals surface area contributed by atoms with E-state index in [1.807, 2.05) is 0 Å². The molecule has 0 unspecified atom stereocenters. The molecule has 28 heavy (non-hydrogen) atoms. The van der Waals surface area contributed by atoms with Crippen LogP contribution in [0.4, 0.5) is 8.78 Å². The fraction of sp³-hybridized carbons (Fsp3) is 0.0476. The smallest absolute Gasteiger partial charge is 0.344 e. The molecule has 0 aromatic heterocycles. The Labute approximate surface area is 159 Å². The van der Waals surface area contributed by atoms with Gasteiger partial charge in [0.2, 0.25) is 0 Å². The summed E-state index contributed by atoms with van der Waals surface area (Å²) in [4.78, 5) is 24.9. The van der Waals surface area contributed by atoms with Gasteiger partial charge in [-0.2, -0.15) is 0 Å². The summed E-state index contributed by atoms with van der Waals surface area (Å²) in [6.07, 6.45) is 0. The van der Waals surface area contributed by atoms with Gasteiger partial charge >= 0.3 is 11.9 Å². The zero-order chi connectivity index (χ0) is 20.1. The van der Waals surface area contributed by atoms with Crippen molar-refractivity contribution in [2.75, 3.05) is 7.11 Å². The van der Waals surface area contributed by atoms with Gasteiger partial charge in [-0.15, -0.1) is 0 Å². The second-order valence-corrected chi connectivity index (χ2v) is 5.61. The van der Waals surface area contributed by atoms with Crippen LogP contribution in [0.15, 0.2) is 66.7 Å². The SMILES string of the molecule is COc1ccc(OC(=O)c2ccccc2C(=O)Oc2cc(F)cc(F)c2)cc1. The lowest BCUT2D eigenvalue weighted by molar-refractivity contribution is 0.0691. The van der Waals surface area contributed by atoms with Gasteiger partial charge in [-0.25, -0.2) is 18.4 Å². The Hall–Kier alpha value is -3.74. The molecule has 0 saturated heterocycles. The molecule has 5 nitrogen and oxygen atoms in total. The molecule has 142 valence electrons. The summed E-state index contributed by atoms with van der Waals surface area (Å²) in [5.74, 6) is -3.01. The highest BCUT2D eigenvalue weighted by Gasteiger charge is 2.20. The van der Waals surface area contributed by atoms with E-state index in [0.717, 1.165) is 12.1 Å². The first-order valence-corrected chi connectivity index (χ1v) is 8.10. The highest BCUT2D eigenvalue weighted by molar-refractivity contribution is 6.04. The quantitative estimate of drug-likeness (QED) is 0.482. The van der Waals surface area contributed by atoms with E-state index in [-0.39, 0.29) is 22.6 Å². The van der Waals surface area contributed by atoms with Gasteiger partial charge in [0.05, 0.1) is 18.2 Å². The molecule has 3 rings (SSSR count). The van der Waals surface area contributed by atoms with Gasteiger partial charge in [-0.3, -0.25) is 0 Å². The molecule has 0 spiro atoms. The fourth-order valence-electron chi connectivity index (χ4n) is 2.39. The van der Waals surface area contributed by atoms with E-state index < -0.39 is 23.6 Å². The highest BCUT2D eigenvalue weighted by atomic mass is 19.1. The number of ether oxygens (including phenoxy) is 3. The minimum Gasteiger partial charge on any atom is -0.497 e. The van der Waals surface area contributed by atoms with Gasteiger partial charge in [0.15, 0.2) is 0 Å². The van der Waals surface area contributed by atoms with Gasteiger partial charge in [0.1, 0.15) is 28.9 Å². The zero-order valence-electron chi connectivity index (χ0n) is 14.6. The van der Waals surface area contributed by atoms with E-state index >= 15 is 0 Å². The standard InChI is InChI=1S/C21H14F2O5/c1-26-15-6-8-16(9-7-15)27-20(24)18-4-2-3-5-19(18)21(25)28-17-11-13(22)10-14(23)12-17/h2-12H,1H3. The van der Waals surface area contributed by atoms with Crippen molar-refractivity contribution >= 4 is 11.9 Å². The van der Waals surface area contributed by atoms with Crippen LogP contribution in [0.2, 0.25) is 0 Å². The topological polar surface area (TPSA) is 61.8 Å². The first-order valence-electron chi connectivity index (χ1n) is 8.10. The average Bonchev–Trinajstić information content (AvgIpc) is 2.67. The number of methoxy groups -OCH3 is 1. The monoisotopic (exact) mass is 384 g/mol. The molecule has 0 bridgehead atoms. The van der Waals surface area contributed by atoms with Crippen molar-refractivity contribution in [3.8, 4) is 17.2 Å². The van der Waals surface area contributed by atoms with Crippen LogP contribution in [0.25, 0.3) is 0 Å². The Bertz CT molecular complexity index is 995. The van der Waals surface area contributed by atoms with Gasteiger partial charge in [0, 0.05) is 18.2 Å². The van der Waals surface area contributed by atoms with Gasteiger partial charge in [-0.05, 0) is 36.4 Å². The van der Waals surface area contributed by atoms with Crippen molar-refractivity contribution in [1.29, 1.82) is 0 Å². The van der Waals surface area contributed by atoms with E-state index in [9.17, 15) is 18.4 Å². The van der Waals surface area contributed by atoms with Crippen LogP contribution >= 0.6 is 0 Å². The Kier molecular flexibility index (Phi) is 5.64. The Morgan fingerprint density at radius 1 is 0.679 bits per heavy atom. The number of benzene rings is 3. The van der Waals surface area contributed by atoms with Crippen LogP contribution in [0.5, 0.6) is 17.2 Å². The molecule has 0 aliphatic heterocycles. The second kappa shape index (κ2) is 8.30. The highest BCUT2D eigenvalue weighted by Crippen LogP contribution is 2.21. The number of esters is 2. The summed E-state index contributed by atoms with van der Waals surface area (Å²) in [6, 6.07) is 14.5. The van der Waals surface area contributed by atoms with Crippen LogP contribution in [0, 0.1) is 11.6 Å². The van der Waals surface area contributed by atoms with E-state index in [4.69, 9.17) is 14.2 Å². The number of hydrogen-bond acceptors (Lipinski definition) is 5. The first-order chi connectivity index (χ1) is 13.5. The molecular weight excluding hydrogens is 370 g/mol. The molecule has 0 N–H and O–H groups in total. The summed E-state index contributed by atoms with van der Waals surface area (Å²) in [6.45, 7) is 0. The molecule has 7 heteroatoms.